The van der Waals surface area contributed by atoms with Crippen molar-refractivity contribution in [1.82, 2.24) is 5.32 Å². The van der Waals surface area contributed by atoms with E-state index >= 15 is 0 Å². The summed E-state index contributed by atoms with van der Waals surface area (Å²) in [5, 5.41) is 2.75. The first kappa shape index (κ1) is 13.7. The summed E-state index contributed by atoms with van der Waals surface area (Å²) < 4.78 is 5.20. The molecule has 3 nitrogen and oxygen atoms in total. The molecule has 1 N–H and O–H groups in total. The van der Waals surface area contributed by atoms with Crippen LogP contribution in [0.5, 0.6) is 5.75 Å². The molecule has 100 valence electrons. The first-order chi connectivity index (χ1) is 9.81. The lowest BCUT2D eigenvalue weighted by Gasteiger charge is -2.02. The van der Waals surface area contributed by atoms with E-state index in [0.717, 1.165) is 11.3 Å². The summed E-state index contributed by atoms with van der Waals surface area (Å²) >= 11 is 0. The van der Waals surface area contributed by atoms with Gasteiger partial charge in [-0.25, -0.2) is 0 Å². The van der Waals surface area contributed by atoms with Crippen LogP contribution in [0.15, 0.2) is 54.6 Å². The lowest BCUT2D eigenvalue weighted by Crippen LogP contribution is -2.23. The van der Waals surface area contributed by atoms with Gasteiger partial charge < -0.3 is 10.1 Å². The number of benzene rings is 2. The van der Waals surface area contributed by atoms with Crippen LogP contribution in [0, 0.1) is 11.8 Å². The van der Waals surface area contributed by atoms with Gasteiger partial charge in [-0.05, 0) is 24.3 Å². The van der Waals surface area contributed by atoms with E-state index in [1.54, 1.807) is 19.2 Å². The van der Waals surface area contributed by atoms with Gasteiger partial charge in [-0.3, -0.25) is 4.79 Å². The van der Waals surface area contributed by atoms with Crippen LogP contribution in [-0.4, -0.2) is 19.6 Å². The molecule has 0 aliphatic heterocycles. The molecule has 0 saturated heterocycles. The quantitative estimate of drug-likeness (QED) is 0.866. The van der Waals surface area contributed by atoms with E-state index in [4.69, 9.17) is 4.74 Å². The third-order valence-corrected chi connectivity index (χ3v) is 2.70. The van der Waals surface area contributed by atoms with Crippen molar-refractivity contribution < 1.29 is 9.53 Å². The fraction of sp³-hybridized carbons (Fsp3) is 0.118. The largest absolute Gasteiger partial charge is 0.495 e. The van der Waals surface area contributed by atoms with Gasteiger partial charge in [0.05, 0.1) is 19.2 Å². The van der Waals surface area contributed by atoms with Crippen molar-refractivity contribution in [2.75, 3.05) is 13.7 Å². The molecule has 0 spiro atoms. The van der Waals surface area contributed by atoms with Crippen LogP contribution >= 0.6 is 0 Å². The van der Waals surface area contributed by atoms with Gasteiger partial charge in [0.15, 0.2) is 0 Å². The SMILES string of the molecule is COc1ccccc1C#CCNC(=O)c1ccccc1. The van der Waals surface area contributed by atoms with E-state index < -0.39 is 0 Å². The molecule has 0 unspecified atom stereocenters. The summed E-state index contributed by atoms with van der Waals surface area (Å²) in [6, 6.07) is 16.6. The third-order valence-electron chi connectivity index (χ3n) is 2.70. The second-order valence-electron chi connectivity index (χ2n) is 4.05. The van der Waals surface area contributed by atoms with Crippen molar-refractivity contribution in [1.29, 1.82) is 0 Å². The van der Waals surface area contributed by atoms with Gasteiger partial charge in [-0.2, -0.15) is 0 Å². The molecule has 0 aromatic heterocycles. The molecule has 2 aromatic carbocycles. The molecular formula is C17H15NO2. The van der Waals surface area contributed by atoms with E-state index in [1.807, 2.05) is 42.5 Å². The van der Waals surface area contributed by atoms with Crippen molar-refractivity contribution in [3.05, 3.63) is 65.7 Å². The van der Waals surface area contributed by atoms with Crippen LogP contribution < -0.4 is 10.1 Å². The Morgan fingerprint density at radius 2 is 1.80 bits per heavy atom. The first-order valence-corrected chi connectivity index (χ1v) is 6.26. The van der Waals surface area contributed by atoms with Crippen LogP contribution in [0.3, 0.4) is 0 Å². The molecule has 0 atom stereocenters. The number of methoxy groups -OCH3 is 1. The summed E-state index contributed by atoms with van der Waals surface area (Å²) in [4.78, 5) is 11.8. The Morgan fingerprint density at radius 1 is 1.10 bits per heavy atom. The van der Waals surface area contributed by atoms with Crippen molar-refractivity contribution in [3.63, 3.8) is 0 Å². The number of para-hydroxylation sites is 1. The van der Waals surface area contributed by atoms with Crippen LogP contribution in [0.4, 0.5) is 0 Å². The second-order valence-corrected chi connectivity index (χ2v) is 4.05. The Bertz CT molecular complexity index is 639. The van der Waals surface area contributed by atoms with E-state index in [2.05, 4.69) is 17.2 Å². The van der Waals surface area contributed by atoms with Gasteiger partial charge in [-0.1, -0.05) is 42.2 Å². The van der Waals surface area contributed by atoms with Gasteiger partial charge >= 0.3 is 0 Å². The lowest BCUT2D eigenvalue weighted by molar-refractivity contribution is 0.0958. The number of amides is 1. The summed E-state index contributed by atoms with van der Waals surface area (Å²) in [5.74, 6) is 6.50. The Balaban J connectivity index is 1.94. The van der Waals surface area contributed by atoms with Crippen LogP contribution in [0.2, 0.25) is 0 Å². The summed E-state index contributed by atoms with van der Waals surface area (Å²) in [6.45, 7) is 0.297. The maximum atomic E-state index is 11.8. The average Bonchev–Trinajstić information content (AvgIpc) is 2.52. The van der Waals surface area contributed by atoms with E-state index in [-0.39, 0.29) is 5.91 Å². The number of carbonyl (C=O) groups excluding carboxylic acids is 1. The molecule has 0 aliphatic rings. The maximum Gasteiger partial charge on any atom is 0.252 e. The highest BCUT2D eigenvalue weighted by atomic mass is 16.5. The van der Waals surface area contributed by atoms with Crippen molar-refractivity contribution in [2.45, 2.75) is 0 Å². The highest BCUT2D eigenvalue weighted by Gasteiger charge is 2.01. The van der Waals surface area contributed by atoms with Gasteiger partial charge in [0, 0.05) is 5.56 Å². The zero-order valence-electron chi connectivity index (χ0n) is 11.2. The molecule has 0 heterocycles. The van der Waals surface area contributed by atoms with Crippen LogP contribution in [0.25, 0.3) is 0 Å². The number of nitrogens with one attached hydrogen (secondary N) is 1. The molecule has 2 rings (SSSR count). The zero-order chi connectivity index (χ0) is 14.2. The molecule has 0 saturated carbocycles. The minimum Gasteiger partial charge on any atom is -0.495 e. The van der Waals surface area contributed by atoms with Gasteiger partial charge in [0.2, 0.25) is 0 Å². The highest BCUT2D eigenvalue weighted by molar-refractivity contribution is 5.94. The topological polar surface area (TPSA) is 38.3 Å². The Labute approximate surface area is 118 Å². The van der Waals surface area contributed by atoms with E-state index in [0.29, 0.717) is 12.1 Å². The smallest absolute Gasteiger partial charge is 0.252 e. The normalized spacial score (nSPS) is 9.25. The molecule has 0 aliphatic carbocycles. The monoisotopic (exact) mass is 265 g/mol. The zero-order valence-corrected chi connectivity index (χ0v) is 11.2. The van der Waals surface area contributed by atoms with Crippen molar-refractivity contribution in [2.24, 2.45) is 0 Å². The maximum absolute atomic E-state index is 11.8. The molecule has 2 aromatic rings. The Morgan fingerprint density at radius 3 is 2.55 bits per heavy atom. The standard InChI is InChI=1S/C17H15NO2/c1-20-16-12-6-5-8-14(16)11-7-13-18-17(19)15-9-3-2-4-10-15/h2-6,8-10,12H,13H2,1H3,(H,18,19). The molecule has 3 heteroatoms. The second kappa shape index (κ2) is 7.01. The minimum atomic E-state index is -0.125. The minimum absolute atomic E-state index is 0.125. The molecule has 0 fully saturated rings. The molecule has 20 heavy (non-hydrogen) atoms. The predicted octanol–water partition coefficient (Wildman–Crippen LogP) is 2.48. The van der Waals surface area contributed by atoms with Crippen molar-refractivity contribution >= 4 is 5.91 Å². The summed E-state index contributed by atoms with van der Waals surface area (Å²) in [5.41, 5.74) is 1.44. The fourth-order valence-corrected chi connectivity index (χ4v) is 1.70. The summed E-state index contributed by atoms with van der Waals surface area (Å²) in [7, 11) is 1.61. The highest BCUT2D eigenvalue weighted by Crippen LogP contribution is 2.15. The number of rotatable bonds is 3. The first-order valence-electron chi connectivity index (χ1n) is 6.26. The number of hydrogen-bond donors (Lipinski definition) is 1. The molecular weight excluding hydrogens is 250 g/mol. The predicted molar refractivity (Wildman–Crippen MR) is 78.6 cm³/mol. The molecule has 0 bridgehead atoms. The van der Waals surface area contributed by atoms with Crippen molar-refractivity contribution in [3.8, 4) is 17.6 Å². The van der Waals surface area contributed by atoms with E-state index in [9.17, 15) is 4.79 Å². The Hall–Kier alpha value is -2.73. The van der Waals surface area contributed by atoms with Crippen LogP contribution in [0.1, 0.15) is 15.9 Å². The molecule has 1 amide bonds. The van der Waals surface area contributed by atoms with E-state index in [1.165, 1.54) is 0 Å². The Kier molecular flexibility index (Phi) is 4.80. The fourth-order valence-electron chi connectivity index (χ4n) is 1.70. The van der Waals surface area contributed by atoms with Gasteiger partial charge in [0.25, 0.3) is 5.91 Å². The number of hydrogen-bond acceptors (Lipinski definition) is 2. The average molecular weight is 265 g/mol. The third kappa shape index (κ3) is 3.63. The van der Waals surface area contributed by atoms with Gasteiger partial charge in [0.1, 0.15) is 5.75 Å². The number of carbonyl (C=O) groups is 1. The van der Waals surface area contributed by atoms with Gasteiger partial charge in [-0.15, -0.1) is 0 Å². The summed E-state index contributed by atoms with van der Waals surface area (Å²) in [6.07, 6.45) is 0. The molecule has 0 radical (unpaired) electrons. The number of ether oxygens (including phenoxy) is 1. The van der Waals surface area contributed by atoms with Crippen LogP contribution in [-0.2, 0) is 0 Å². The lowest BCUT2D eigenvalue weighted by atomic mass is 10.2.